The van der Waals surface area contributed by atoms with E-state index in [0.29, 0.717) is 5.56 Å². The Hall–Kier alpha value is -1.97. The minimum Gasteiger partial charge on any atom is -0.377 e. The molecule has 0 bridgehead atoms. The fourth-order valence-corrected chi connectivity index (χ4v) is 4.29. The second-order valence-corrected chi connectivity index (χ2v) is 7.79. The summed E-state index contributed by atoms with van der Waals surface area (Å²) in [7, 11) is -7.77. The Bertz CT molecular complexity index is 882. The highest BCUT2D eigenvalue weighted by molar-refractivity contribution is 7.90. The van der Waals surface area contributed by atoms with Gasteiger partial charge in [0.2, 0.25) is 6.34 Å². The molecule has 9 heteroatoms. The van der Waals surface area contributed by atoms with E-state index in [2.05, 4.69) is 4.99 Å². The molecule has 21 heavy (non-hydrogen) atoms. The third-order valence-corrected chi connectivity index (χ3v) is 5.72. The first-order valence-corrected chi connectivity index (χ1v) is 8.90. The molecule has 1 N–H and O–H groups in total. The first-order valence-electron chi connectivity index (χ1n) is 5.95. The van der Waals surface area contributed by atoms with Gasteiger partial charge in [-0.3, -0.25) is 0 Å². The Morgan fingerprint density at radius 3 is 2.81 bits per heavy atom. The standard InChI is InChI=1S/C12H10N2O5S2/c15-20(16)8-5-10-3-1-4-11(12(10)19-20)21(17,18)14-7-2-6-13-9-14/h1-6,8-9H,7H2/p+1. The predicted octanol–water partition coefficient (Wildman–Crippen LogP) is -0.491. The van der Waals surface area contributed by atoms with Gasteiger partial charge in [0.05, 0.1) is 5.41 Å². The molecule has 0 aliphatic carbocycles. The van der Waals surface area contributed by atoms with Gasteiger partial charge in [0, 0.05) is 11.8 Å². The molecule has 0 saturated carbocycles. The second kappa shape index (κ2) is 4.79. The van der Waals surface area contributed by atoms with Gasteiger partial charge < -0.3 is 4.18 Å². The fraction of sp³-hybridized carbons (Fsp3) is 0.0833. The van der Waals surface area contributed by atoms with Gasteiger partial charge in [-0.05, 0) is 18.2 Å². The zero-order valence-corrected chi connectivity index (χ0v) is 12.3. The molecular weight excluding hydrogens is 316 g/mol. The van der Waals surface area contributed by atoms with Crippen LogP contribution in [0.4, 0.5) is 0 Å². The van der Waals surface area contributed by atoms with Crippen LogP contribution in [0.25, 0.3) is 6.08 Å². The number of para-hydroxylation sites is 1. The molecule has 1 atom stereocenters. The highest BCUT2D eigenvalue weighted by Crippen LogP contribution is 2.32. The smallest absolute Gasteiger partial charge is 0.335 e. The summed E-state index contributed by atoms with van der Waals surface area (Å²) in [6, 6.07) is 4.44. The minimum atomic E-state index is -3.91. The van der Waals surface area contributed by atoms with Crippen molar-refractivity contribution in [3.8, 4) is 5.75 Å². The van der Waals surface area contributed by atoms with Crippen LogP contribution in [0.2, 0.25) is 0 Å². The molecule has 0 aromatic heterocycles. The van der Waals surface area contributed by atoms with E-state index in [1.165, 1.54) is 30.7 Å². The molecule has 0 saturated heterocycles. The normalized spacial score (nSPS) is 22.6. The molecule has 2 aliphatic rings. The summed E-state index contributed by atoms with van der Waals surface area (Å²) in [6.45, 7) is 0.206. The van der Waals surface area contributed by atoms with Gasteiger partial charge in [0.1, 0.15) is 6.54 Å². The van der Waals surface area contributed by atoms with Crippen LogP contribution in [0.3, 0.4) is 0 Å². The van der Waals surface area contributed by atoms with Crippen molar-refractivity contribution < 1.29 is 25.3 Å². The van der Waals surface area contributed by atoms with E-state index in [0.717, 1.165) is 5.41 Å². The number of nitrogens with one attached hydrogen (secondary N) is 1. The maximum Gasteiger partial charge on any atom is 0.335 e. The van der Waals surface area contributed by atoms with Crippen LogP contribution in [-0.4, -0.2) is 29.7 Å². The lowest BCUT2D eigenvalue weighted by Gasteiger charge is -2.18. The predicted molar refractivity (Wildman–Crippen MR) is 75.7 cm³/mol. The average molecular weight is 327 g/mol. The summed E-state index contributed by atoms with van der Waals surface area (Å²) < 4.78 is 53.2. The lowest BCUT2D eigenvalue weighted by atomic mass is 10.2. The Labute approximate surface area is 122 Å². The summed E-state index contributed by atoms with van der Waals surface area (Å²) >= 11 is 0. The molecule has 1 aromatic rings. The molecule has 0 radical (unpaired) electrons. The Morgan fingerprint density at radius 2 is 2.10 bits per heavy atom. The summed E-state index contributed by atoms with van der Waals surface area (Å²) in [6.07, 6.45) is 5.68. The fourth-order valence-electron chi connectivity index (χ4n) is 1.99. The van der Waals surface area contributed by atoms with Crippen LogP contribution < -0.4 is 8.49 Å². The van der Waals surface area contributed by atoms with Crippen molar-refractivity contribution in [3.63, 3.8) is 0 Å². The van der Waals surface area contributed by atoms with Crippen molar-refractivity contribution in [2.45, 2.75) is 4.90 Å². The average Bonchev–Trinajstić information content (AvgIpc) is 2.46. The molecule has 7 nitrogen and oxygen atoms in total. The lowest BCUT2D eigenvalue weighted by Crippen LogP contribution is -3.12. The number of benzene rings is 1. The van der Waals surface area contributed by atoms with Gasteiger partial charge in [-0.1, -0.05) is 12.1 Å². The number of rotatable bonds is 2. The molecule has 0 spiro atoms. The highest BCUT2D eigenvalue weighted by atomic mass is 32.2. The van der Waals surface area contributed by atoms with Gasteiger partial charge in [-0.2, -0.15) is 21.1 Å². The monoisotopic (exact) mass is 327 g/mol. The van der Waals surface area contributed by atoms with Gasteiger partial charge in [0.25, 0.3) is 0 Å². The highest BCUT2D eigenvalue weighted by Gasteiger charge is 2.34. The number of aliphatic imine (C=N–C) groups is 1. The largest absolute Gasteiger partial charge is 0.377 e. The topological polar surface area (TPSA) is 94.3 Å². The van der Waals surface area contributed by atoms with Gasteiger partial charge >= 0.3 is 20.1 Å². The number of fused-ring (bicyclic) bond motifs is 1. The van der Waals surface area contributed by atoms with Crippen LogP contribution in [0.15, 0.2) is 45.8 Å². The zero-order chi connectivity index (χ0) is 15.1. The molecular formula is C12H11N2O5S2+. The Balaban J connectivity index is 2.15. The van der Waals surface area contributed by atoms with E-state index in [1.54, 1.807) is 12.1 Å². The molecule has 3 rings (SSSR count). The minimum absolute atomic E-state index is 0.0916. The van der Waals surface area contributed by atoms with Crippen LogP contribution in [0.1, 0.15) is 5.56 Å². The molecule has 1 unspecified atom stereocenters. The maximum absolute atomic E-state index is 12.6. The summed E-state index contributed by atoms with van der Waals surface area (Å²) in [4.78, 5) is 3.62. The number of quaternary nitrogens is 1. The first kappa shape index (κ1) is 14.0. The molecule has 2 heterocycles. The zero-order valence-electron chi connectivity index (χ0n) is 10.6. The van der Waals surface area contributed by atoms with Crippen molar-refractivity contribution in [3.05, 3.63) is 41.4 Å². The van der Waals surface area contributed by atoms with Crippen LogP contribution in [-0.2, 0) is 20.1 Å². The molecule has 110 valence electrons. The lowest BCUT2D eigenvalue weighted by molar-refractivity contribution is -0.644. The molecule has 1 aromatic carbocycles. The molecule has 0 amide bonds. The van der Waals surface area contributed by atoms with Crippen LogP contribution >= 0.6 is 0 Å². The van der Waals surface area contributed by atoms with Crippen LogP contribution in [0.5, 0.6) is 5.75 Å². The maximum atomic E-state index is 12.6. The summed E-state index contributed by atoms with van der Waals surface area (Å²) in [5, 5.41) is 0.893. The summed E-state index contributed by atoms with van der Waals surface area (Å²) in [5.41, 5.74) is 0.398. The van der Waals surface area contributed by atoms with E-state index in [4.69, 9.17) is 4.18 Å². The summed E-state index contributed by atoms with van der Waals surface area (Å²) in [5.74, 6) is -0.171. The molecule has 2 aliphatic heterocycles. The van der Waals surface area contributed by atoms with E-state index < -0.39 is 20.1 Å². The SMILES string of the molecule is O=S1(=O)C=Cc2cccc(S(=O)(=O)[NH+]3C=NC=CC3)c2O1. The molecule has 0 fully saturated rings. The van der Waals surface area contributed by atoms with Gasteiger partial charge in [0.15, 0.2) is 10.6 Å². The first-order chi connectivity index (χ1) is 9.90. The van der Waals surface area contributed by atoms with Crippen molar-refractivity contribution in [1.29, 1.82) is 0 Å². The van der Waals surface area contributed by atoms with E-state index in [1.807, 2.05) is 0 Å². The van der Waals surface area contributed by atoms with Crippen molar-refractivity contribution in [2.75, 3.05) is 6.54 Å². The quantitative estimate of drug-likeness (QED) is 0.740. The van der Waals surface area contributed by atoms with E-state index >= 15 is 0 Å². The number of sulfonamides is 1. The van der Waals surface area contributed by atoms with Gasteiger partial charge in [-0.15, -0.1) is 0 Å². The number of hydrogen-bond acceptors (Lipinski definition) is 6. The van der Waals surface area contributed by atoms with Crippen molar-refractivity contribution in [1.82, 2.24) is 0 Å². The van der Waals surface area contributed by atoms with Crippen molar-refractivity contribution in [2.24, 2.45) is 4.99 Å². The van der Waals surface area contributed by atoms with Crippen molar-refractivity contribution >= 4 is 32.6 Å². The Morgan fingerprint density at radius 1 is 1.29 bits per heavy atom. The van der Waals surface area contributed by atoms with Crippen LogP contribution in [0, 0.1) is 0 Å². The van der Waals surface area contributed by atoms with Gasteiger partial charge in [-0.25, -0.2) is 4.99 Å². The number of nitrogens with zero attached hydrogens (tertiary/aromatic N) is 1. The third kappa shape index (κ3) is 2.50. The second-order valence-electron chi connectivity index (χ2n) is 4.39. The van der Waals surface area contributed by atoms with E-state index in [-0.39, 0.29) is 21.5 Å². The van der Waals surface area contributed by atoms with E-state index in [9.17, 15) is 16.8 Å². The third-order valence-electron chi connectivity index (χ3n) is 2.99. The Kier molecular flexibility index (Phi) is 3.19. The number of hydrogen-bond donors (Lipinski definition) is 1.